The van der Waals surface area contributed by atoms with E-state index in [9.17, 15) is 10.2 Å². The maximum absolute atomic E-state index is 9.63. The van der Waals surface area contributed by atoms with Crippen LogP contribution < -0.4 is 14.2 Å². The molecule has 2 aromatic carbocycles. The molecule has 22 heavy (non-hydrogen) atoms. The number of phenols is 2. The normalized spacial score (nSPS) is 9.59. The Bertz CT molecular complexity index is 741. The van der Waals surface area contributed by atoms with Gasteiger partial charge in [-0.25, -0.2) is 0 Å². The highest BCUT2D eigenvalue weighted by molar-refractivity contribution is 5.57. The maximum Gasteiger partial charge on any atom is 0.200 e. The van der Waals surface area contributed by atoms with Gasteiger partial charge in [-0.2, -0.15) is 0 Å². The first-order chi connectivity index (χ1) is 10.6. The molecule has 0 fully saturated rings. The van der Waals surface area contributed by atoms with Gasteiger partial charge in [-0.1, -0.05) is 11.8 Å². The minimum absolute atomic E-state index is 0.164. The molecule has 0 atom stereocenters. The highest BCUT2D eigenvalue weighted by atomic mass is 16.5. The van der Waals surface area contributed by atoms with Crippen molar-refractivity contribution in [2.24, 2.45) is 0 Å². The zero-order chi connectivity index (χ0) is 16.1. The summed E-state index contributed by atoms with van der Waals surface area (Å²) in [7, 11) is 4.52. The average Bonchev–Trinajstić information content (AvgIpc) is 2.55. The molecule has 0 saturated carbocycles. The molecular formula is C17H16O5. The molecule has 0 saturated heterocycles. The standard InChI is InChI=1S/C17H16O5/c1-20-14-7-6-11(9-15(14)21-2)4-5-12-8-13(18)17(19)16(10-12)22-3/h6-10,18-19H,1-3H3. The zero-order valence-corrected chi connectivity index (χ0v) is 12.5. The molecule has 0 amide bonds. The molecule has 0 radical (unpaired) electrons. The van der Waals surface area contributed by atoms with Crippen LogP contribution in [0.1, 0.15) is 11.1 Å². The Hall–Kier alpha value is -3.00. The van der Waals surface area contributed by atoms with Crippen molar-refractivity contribution in [3.05, 3.63) is 41.5 Å². The van der Waals surface area contributed by atoms with E-state index in [2.05, 4.69) is 11.8 Å². The second-order valence-electron chi connectivity index (χ2n) is 4.37. The number of hydrogen-bond donors (Lipinski definition) is 2. The summed E-state index contributed by atoms with van der Waals surface area (Å²) in [5.74, 6) is 6.63. The Morgan fingerprint density at radius 3 is 1.95 bits per heavy atom. The second kappa shape index (κ2) is 6.64. The van der Waals surface area contributed by atoms with E-state index in [4.69, 9.17) is 14.2 Å². The summed E-state index contributed by atoms with van der Waals surface area (Å²) in [5.41, 5.74) is 1.24. The molecule has 2 rings (SSSR count). The fourth-order valence-electron chi connectivity index (χ4n) is 1.88. The zero-order valence-electron chi connectivity index (χ0n) is 12.5. The van der Waals surface area contributed by atoms with Crippen molar-refractivity contribution in [1.82, 2.24) is 0 Å². The lowest BCUT2D eigenvalue weighted by molar-refractivity contribution is 0.351. The van der Waals surface area contributed by atoms with Gasteiger partial charge in [0, 0.05) is 11.1 Å². The van der Waals surface area contributed by atoms with Gasteiger partial charge in [0.15, 0.2) is 23.0 Å². The number of methoxy groups -OCH3 is 3. The van der Waals surface area contributed by atoms with Crippen LogP contribution in [0.15, 0.2) is 30.3 Å². The summed E-state index contributed by atoms with van der Waals surface area (Å²) >= 11 is 0. The van der Waals surface area contributed by atoms with Crippen molar-refractivity contribution in [1.29, 1.82) is 0 Å². The first kappa shape index (κ1) is 15.4. The molecule has 2 N–H and O–H groups in total. The minimum atomic E-state index is -0.306. The Labute approximate surface area is 128 Å². The van der Waals surface area contributed by atoms with E-state index < -0.39 is 0 Å². The summed E-state index contributed by atoms with van der Waals surface area (Å²) in [6, 6.07) is 8.22. The molecule has 0 aromatic heterocycles. The smallest absolute Gasteiger partial charge is 0.200 e. The van der Waals surface area contributed by atoms with Gasteiger partial charge in [-0.05, 0) is 30.3 Å². The summed E-state index contributed by atoms with van der Waals surface area (Å²) in [4.78, 5) is 0. The van der Waals surface area contributed by atoms with Crippen molar-refractivity contribution < 1.29 is 24.4 Å². The van der Waals surface area contributed by atoms with Crippen molar-refractivity contribution in [2.75, 3.05) is 21.3 Å². The number of rotatable bonds is 3. The predicted octanol–water partition coefficient (Wildman–Crippen LogP) is 2.52. The summed E-state index contributed by atoms with van der Waals surface area (Å²) in [6.07, 6.45) is 0. The van der Waals surface area contributed by atoms with Crippen LogP contribution in [-0.4, -0.2) is 31.5 Å². The average molecular weight is 300 g/mol. The molecule has 114 valence electrons. The van der Waals surface area contributed by atoms with Crippen molar-refractivity contribution in [3.63, 3.8) is 0 Å². The van der Waals surface area contributed by atoms with E-state index in [-0.39, 0.29) is 17.2 Å². The monoisotopic (exact) mass is 300 g/mol. The second-order valence-corrected chi connectivity index (χ2v) is 4.37. The molecule has 0 spiro atoms. The van der Waals surface area contributed by atoms with Crippen LogP contribution in [0, 0.1) is 11.8 Å². The van der Waals surface area contributed by atoms with Gasteiger partial charge in [-0.15, -0.1) is 0 Å². The minimum Gasteiger partial charge on any atom is -0.504 e. The number of aromatic hydroxyl groups is 2. The largest absolute Gasteiger partial charge is 0.504 e. The molecule has 0 aliphatic rings. The van der Waals surface area contributed by atoms with Gasteiger partial charge in [-0.3, -0.25) is 0 Å². The lowest BCUT2D eigenvalue weighted by Gasteiger charge is -2.07. The van der Waals surface area contributed by atoms with E-state index in [0.29, 0.717) is 17.1 Å². The van der Waals surface area contributed by atoms with Gasteiger partial charge >= 0.3 is 0 Å². The van der Waals surface area contributed by atoms with Crippen molar-refractivity contribution in [2.45, 2.75) is 0 Å². The van der Waals surface area contributed by atoms with Crippen LogP contribution >= 0.6 is 0 Å². The van der Waals surface area contributed by atoms with Crippen LogP contribution in [0.3, 0.4) is 0 Å². The first-order valence-electron chi connectivity index (χ1n) is 6.43. The van der Waals surface area contributed by atoms with Crippen LogP contribution in [0.4, 0.5) is 0 Å². The fourth-order valence-corrected chi connectivity index (χ4v) is 1.88. The van der Waals surface area contributed by atoms with E-state index in [1.54, 1.807) is 38.5 Å². The molecule has 5 nitrogen and oxygen atoms in total. The Kier molecular flexibility index (Phi) is 4.64. The van der Waals surface area contributed by atoms with Gasteiger partial charge in [0.05, 0.1) is 21.3 Å². The van der Waals surface area contributed by atoms with Gasteiger partial charge in [0.1, 0.15) is 0 Å². The Morgan fingerprint density at radius 1 is 0.727 bits per heavy atom. The molecule has 0 aliphatic carbocycles. The number of benzene rings is 2. The van der Waals surface area contributed by atoms with Gasteiger partial charge in [0.25, 0.3) is 0 Å². The molecule has 0 aliphatic heterocycles. The van der Waals surface area contributed by atoms with Crippen LogP contribution in [-0.2, 0) is 0 Å². The van der Waals surface area contributed by atoms with E-state index in [0.717, 1.165) is 5.56 Å². The Morgan fingerprint density at radius 2 is 1.32 bits per heavy atom. The lowest BCUT2D eigenvalue weighted by Crippen LogP contribution is -1.90. The predicted molar refractivity (Wildman–Crippen MR) is 81.8 cm³/mol. The summed E-state index contributed by atoms with van der Waals surface area (Å²) in [5, 5.41) is 19.2. The SMILES string of the molecule is COc1ccc(C#Cc2cc(O)c(O)c(OC)c2)cc1OC. The van der Waals surface area contributed by atoms with Crippen molar-refractivity contribution in [3.8, 4) is 40.6 Å². The highest BCUT2D eigenvalue weighted by Crippen LogP contribution is 2.36. The molecule has 2 aromatic rings. The third-order valence-corrected chi connectivity index (χ3v) is 3.01. The van der Waals surface area contributed by atoms with Crippen molar-refractivity contribution >= 4 is 0 Å². The van der Waals surface area contributed by atoms with Crippen LogP contribution in [0.5, 0.6) is 28.7 Å². The lowest BCUT2D eigenvalue weighted by atomic mass is 10.1. The van der Waals surface area contributed by atoms with E-state index in [1.165, 1.54) is 13.2 Å². The molecule has 0 heterocycles. The third kappa shape index (κ3) is 3.18. The van der Waals surface area contributed by atoms with Gasteiger partial charge in [0.2, 0.25) is 5.75 Å². The first-order valence-corrected chi connectivity index (χ1v) is 6.43. The summed E-state index contributed by atoms with van der Waals surface area (Å²) < 4.78 is 15.3. The Balaban J connectivity index is 2.36. The number of phenolic OH excluding ortho intramolecular Hbond substituents is 2. The van der Waals surface area contributed by atoms with Gasteiger partial charge < -0.3 is 24.4 Å². The number of hydrogen-bond acceptors (Lipinski definition) is 5. The van der Waals surface area contributed by atoms with E-state index in [1.807, 2.05) is 0 Å². The third-order valence-electron chi connectivity index (χ3n) is 3.01. The summed E-state index contributed by atoms with van der Waals surface area (Å²) in [6.45, 7) is 0. The topological polar surface area (TPSA) is 68.2 Å². The quantitative estimate of drug-likeness (QED) is 0.673. The highest BCUT2D eigenvalue weighted by Gasteiger charge is 2.08. The fraction of sp³-hybridized carbons (Fsp3) is 0.176. The molecular weight excluding hydrogens is 284 g/mol. The van der Waals surface area contributed by atoms with Crippen LogP contribution in [0.25, 0.3) is 0 Å². The molecule has 0 bridgehead atoms. The van der Waals surface area contributed by atoms with E-state index >= 15 is 0 Å². The molecule has 0 unspecified atom stereocenters. The molecule has 5 heteroatoms. The number of ether oxygens (including phenoxy) is 3. The maximum atomic E-state index is 9.63. The van der Waals surface area contributed by atoms with Crippen LogP contribution in [0.2, 0.25) is 0 Å².